The highest BCUT2D eigenvalue weighted by Gasteiger charge is 2.48. The van der Waals surface area contributed by atoms with Crippen LogP contribution in [0.4, 0.5) is 0 Å². The molecule has 0 spiro atoms. The summed E-state index contributed by atoms with van der Waals surface area (Å²) in [5.74, 6) is 0.0485. The number of hydrogen-bond acceptors (Lipinski definition) is 12. The second-order valence-electron chi connectivity index (χ2n) is 7.06. The Bertz CT molecular complexity index is 944. The van der Waals surface area contributed by atoms with E-state index in [2.05, 4.69) is 9.05 Å². The molecule has 0 amide bonds. The molecule has 4 aliphatic rings. The van der Waals surface area contributed by atoms with E-state index >= 15 is 0 Å². The molecule has 0 aromatic carbocycles. The van der Waals surface area contributed by atoms with Gasteiger partial charge < -0.3 is 48.6 Å². The summed E-state index contributed by atoms with van der Waals surface area (Å²) in [4.78, 5) is 62.0. The lowest BCUT2D eigenvalue weighted by molar-refractivity contribution is -0.146. The van der Waals surface area contributed by atoms with Crippen molar-refractivity contribution in [3.63, 3.8) is 0 Å². The quantitative estimate of drug-likeness (QED) is 0.0786. The van der Waals surface area contributed by atoms with Crippen LogP contribution in [0, 0.1) is 0 Å². The molecule has 17 heteroatoms. The van der Waals surface area contributed by atoms with Gasteiger partial charge in [0.05, 0.1) is 5.70 Å². The first-order valence-corrected chi connectivity index (χ1v) is 12.5. The van der Waals surface area contributed by atoms with E-state index in [1.54, 1.807) is 0 Å². The smallest absolute Gasteiger partial charge is 0.365 e. The normalized spacial score (nSPS) is 19.8. The molecule has 4 rings (SSSR count). The summed E-state index contributed by atoms with van der Waals surface area (Å²) >= 11 is 0. The van der Waals surface area contributed by atoms with E-state index in [0.717, 1.165) is 53.5 Å². The molecule has 0 unspecified atom stereocenters. The van der Waals surface area contributed by atoms with Gasteiger partial charge in [-0.2, -0.15) is 0 Å². The molecule has 33 heavy (non-hydrogen) atoms. The molecule has 0 saturated carbocycles. The number of phosphoric acid groups is 1. The summed E-state index contributed by atoms with van der Waals surface area (Å²) in [5.41, 5.74) is -1.19. The Morgan fingerprint density at radius 2 is 1.27 bits per heavy atom. The highest BCUT2D eigenvalue weighted by molar-refractivity contribution is 7.56. The van der Waals surface area contributed by atoms with Crippen molar-refractivity contribution in [3.05, 3.63) is 23.2 Å². The number of ketones is 2. The zero-order chi connectivity index (χ0) is 25.2. The van der Waals surface area contributed by atoms with Crippen LogP contribution in [0.3, 0.4) is 0 Å². The summed E-state index contributed by atoms with van der Waals surface area (Å²) in [6.45, 7) is 5.41. The summed E-state index contributed by atoms with van der Waals surface area (Å²) in [6.07, 6.45) is 1.21. The fourth-order valence-corrected chi connectivity index (χ4v) is 3.50. The molecule has 3 saturated heterocycles. The molecule has 0 atom stereocenters. The van der Waals surface area contributed by atoms with Crippen LogP contribution in [0.5, 0.6) is 0 Å². The van der Waals surface area contributed by atoms with Crippen molar-refractivity contribution < 1.29 is 57.5 Å². The average Bonchev–Trinajstić information content (AvgIpc) is 3.57. The first-order chi connectivity index (χ1) is 15.2. The van der Waals surface area contributed by atoms with Gasteiger partial charge in [-0.15, -0.1) is 0 Å². The van der Waals surface area contributed by atoms with Crippen LogP contribution < -0.4 is 0 Å². The average molecular weight is 513 g/mol. The SMILES string of the molecule is COP(=O)(OC)C(O)(O)C=O.O=C1C=C(N2CC2)C(=O)C(N2CC2)=C1N1CC1.O=P(O)(O)O. The van der Waals surface area contributed by atoms with E-state index in [4.69, 9.17) is 29.5 Å². The fourth-order valence-electron chi connectivity index (χ4n) is 2.68. The van der Waals surface area contributed by atoms with Crippen molar-refractivity contribution in [1.82, 2.24) is 14.7 Å². The topological polar surface area (TPSA) is 214 Å². The number of rotatable bonds is 7. The van der Waals surface area contributed by atoms with E-state index in [0.29, 0.717) is 17.1 Å². The van der Waals surface area contributed by atoms with Gasteiger partial charge in [0, 0.05) is 59.6 Å². The highest BCUT2D eigenvalue weighted by atomic mass is 31.2. The van der Waals surface area contributed by atoms with Crippen molar-refractivity contribution in [1.29, 1.82) is 0 Å². The lowest BCUT2D eigenvalue weighted by Gasteiger charge is -2.22. The van der Waals surface area contributed by atoms with Gasteiger partial charge in [0.25, 0.3) is 0 Å². The molecular formula is C16H25N3O12P2. The molecule has 3 aliphatic heterocycles. The molecule has 15 nitrogen and oxygen atoms in total. The molecule has 3 fully saturated rings. The van der Waals surface area contributed by atoms with Gasteiger partial charge in [-0.1, -0.05) is 0 Å². The van der Waals surface area contributed by atoms with Gasteiger partial charge >= 0.3 is 20.9 Å². The Balaban J connectivity index is 0.000000209. The predicted octanol–water partition coefficient (Wildman–Crippen LogP) is -2.44. The van der Waals surface area contributed by atoms with Crippen LogP contribution in [0.2, 0.25) is 0 Å². The minimum atomic E-state index is -4.64. The zero-order valence-electron chi connectivity index (χ0n) is 17.7. The molecular weight excluding hydrogens is 488 g/mol. The second kappa shape index (κ2) is 10.1. The number of Topliss-reactive ketones (excluding diaryl/α,β-unsaturated/α-hetero) is 1. The maximum Gasteiger partial charge on any atom is 0.466 e. The first kappa shape index (κ1) is 27.3. The number of hydrogen-bond donors (Lipinski definition) is 5. The van der Waals surface area contributed by atoms with Gasteiger partial charge in [0.15, 0.2) is 6.29 Å². The lowest BCUT2D eigenvalue weighted by Crippen LogP contribution is -2.31. The van der Waals surface area contributed by atoms with Crippen LogP contribution in [-0.4, -0.2) is 116 Å². The number of aldehydes is 1. The van der Waals surface area contributed by atoms with Crippen LogP contribution in [0.1, 0.15) is 0 Å². The van der Waals surface area contributed by atoms with E-state index in [1.807, 2.05) is 14.7 Å². The Labute approximate surface area is 188 Å². The van der Waals surface area contributed by atoms with Crippen molar-refractivity contribution in [2.75, 3.05) is 53.5 Å². The van der Waals surface area contributed by atoms with Crippen LogP contribution in [0.15, 0.2) is 23.2 Å². The number of allylic oxidation sites excluding steroid dienone is 1. The minimum Gasteiger partial charge on any atom is -0.365 e. The van der Waals surface area contributed by atoms with E-state index in [9.17, 15) is 18.9 Å². The molecule has 3 heterocycles. The third-order valence-corrected chi connectivity index (χ3v) is 6.40. The number of nitrogens with zero attached hydrogens (tertiary/aromatic N) is 3. The van der Waals surface area contributed by atoms with Gasteiger partial charge in [0.1, 0.15) is 11.4 Å². The van der Waals surface area contributed by atoms with Gasteiger partial charge in [0.2, 0.25) is 11.6 Å². The van der Waals surface area contributed by atoms with Crippen LogP contribution in [-0.2, 0) is 32.6 Å². The summed E-state index contributed by atoms with van der Waals surface area (Å²) < 4.78 is 28.2. The number of carbonyl (C=O) groups excluding carboxylic acids is 3. The lowest BCUT2D eigenvalue weighted by atomic mass is 10.0. The Kier molecular flexibility index (Phi) is 8.39. The van der Waals surface area contributed by atoms with E-state index in [1.165, 1.54) is 6.08 Å². The van der Waals surface area contributed by atoms with E-state index < -0.39 is 20.9 Å². The summed E-state index contributed by atoms with van der Waals surface area (Å²) in [5, 5.41) is 17.4. The third-order valence-electron chi connectivity index (χ3n) is 4.53. The minimum absolute atomic E-state index is 0.00546. The monoisotopic (exact) mass is 513 g/mol. The van der Waals surface area contributed by atoms with Crippen molar-refractivity contribution in [3.8, 4) is 0 Å². The second-order valence-corrected chi connectivity index (χ2v) is 10.5. The molecule has 5 N–H and O–H groups in total. The van der Waals surface area contributed by atoms with Gasteiger partial charge in [-0.05, 0) is 0 Å². The predicted molar refractivity (Wildman–Crippen MR) is 109 cm³/mol. The van der Waals surface area contributed by atoms with Crippen molar-refractivity contribution in [2.24, 2.45) is 0 Å². The molecule has 0 radical (unpaired) electrons. The Morgan fingerprint density at radius 3 is 1.58 bits per heavy atom. The number of carbonyl (C=O) groups is 3. The fraction of sp³-hybridized carbons (Fsp3) is 0.562. The maximum atomic E-state index is 12.4. The first-order valence-electron chi connectivity index (χ1n) is 9.40. The van der Waals surface area contributed by atoms with Crippen LogP contribution >= 0.6 is 15.4 Å². The molecule has 0 bridgehead atoms. The largest absolute Gasteiger partial charge is 0.466 e. The Morgan fingerprint density at radius 1 is 0.879 bits per heavy atom. The van der Waals surface area contributed by atoms with Gasteiger partial charge in [-0.25, -0.2) is 4.57 Å². The van der Waals surface area contributed by atoms with Crippen molar-refractivity contribution >= 4 is 33.3 Å². The zero-order valence-corrected chi connectivity index (χ0v) is 19.5. The molecule has 0 aromatic heterocycles. The third kappa shape index (κ3) is 7.27. The summed E-state index contributed by atoms with van der Waals surface area (Å²) in [6, 6.07) is 0. The summed E-state index contributed by atoms with van der Waals surface area (Å²) in [7, 11) is -6.90. The number of aliphatic hydroxyl groups is 2. The standard InChI is InChI=1S/C12H13N3O2.C4H9O6P.H3O4P/c16-9-7-8(13-1-2-13)12(17)11(15-5-6-15)10(9)14-3-4-14;1-9-11(8,10-2)4(6,7)3-5;1-5(2,3)4/h7H,1-6H2;3,6-7H,1-2H3;(H3,1,2,3,4). The van der Waals surface area contributed by atoms with Gasteiger partial charge in [-0.3, -0.25) is 18.9 Å². The molecule has 1 aliphatic carbocycles. The highest BCUT2D eigenvalue weighted by Crippen LogP contribution is 2.55. The van der Waals surface area contributed by atoms with Crippen molar-refractivity contribution in [2.45, 2.75) is 5.53 Å². The molecule has 0 aromatic rings. The van der Waals surface area contributed by atoms with E-state index in [-0.39, 0.29) is 17.9 Å². The van der Waals surface area contributed by atoms with Crippen LogP contribution in [0.25, 0.3) is 0 Å². The maximum absolute atomic E-state index is 12.4. The Hall–Kier alpha value is -1.93. The molecule has 186 valence electrons.